The molecule has 26 heteroatoms. The van der Waals surface area contributed by atoms with Crippen LogP contribution < -0.4 is 21.8 Å². The molecule has 296 valence electrons. The molecule has 0 radical (unpaired) electrons. The van der Waals surface area contributed by atoms with Crippen molar-refractivity contribution in [3.63, 3.8) is 0 Å². The number of rotatable bonds is 7. The number of fused-ring (bicyclic) bond motifs is 4. The molecule has 55 heavy (non-hydrogen) atoms. The average Bonchev–Trinajstić information content (AvgIpc) is 4.00. The highest BCUT2D eigenvalue weighted by Crippen LogP contribution is 2.50. The summed E-state index contributed by atoms with van der Waals surface area (Å²) in [6, 6.07) is 0. The summed E-state index contributed by atoms with van der Waals surface area (Å²) in [4.78, 5) is 69.9. The predicted octanol–water partition coefficient (Wildman–Crippen LogP) is 0.727. The summed E-state index contributed by atoms with van der Waals surface area (Å²) in [7, 11) is -3.34. The summed E-state index contributed by atoms with van der Waals surface area (Å²) < 4.78 is 71.9. The molecular formula is C29H38N10O14P2+2. The molecular weight excluding hydrogens is 774 g/mol. The van der Waals surface area contributed by atoms with Crippen molar-refractivity contribution in [3.8, 4) is 0 Å². The lowest BCUT2D eigenvalue weighted by molar-refractivity contribution is -0.119. The first kappa shape index (κ1) is 37.4. The van der Waals surface area contributed by atoms with Gasteiger partial charge in [-0.15, -0.1) is 18.1 Å². The summed E-state index contributed by atoms with van der Waals surface area (Å²) >= 11 is 0. The molecule has 6 N–H and O–H groups in total. The minimum Gasteiger partial charge on any atom is -0.400 e. The lowest BCUT2D eigenvalue weighted by atomic mass is 10.1. The first-order valence-electron chi connectivity index (χ1n) is 17.7. The number of amides is 2. The van der Waals surface area contributed by atoms with Gasteiger partial charge in [0.15, 0.2) is 59.2 Å². The largest absolute Gasteiger partial charge is 0.698 e. The minimum atomic E-state index is -2.33. The van der Waals surface area contributed by atoms with Crippen LogP contribution in [0.25, 0.3) is 22.3 Å². The number of anilines is 2. The molecule has 4 aromatic rings. The van der Waals surface area contributed by atoms with Gasteiger partial charge in [0, 0.05) is 29.4 Å². The van der Waals surface area contributed by atoms with Gasteiger partial charge in [-0.3, -0.25) is 48.9 Å². The van der Waals surface area contributed by atoms with Gasteiger partial charge in [0.2, 0.25) is 25.1 Å². The average molecular weight is 816 g/mol. The van der Waals surface area contributed by atoms with Gasteiger partial charge in [-0.05, 0) is 6.90 Å². The summed E-state index contributed by atoms with van der Waals surface area (Å²) in [6.45, 7) is 6.36. The Morgan fingerprint density at radius 3 is 1.75 bits per heavy atom. The van der Waals surface area contributed by atoms with Crippen molar-refractivity contribution in [1.29, 1.82) is 1.43 Å². The second kappa shape index (κ2) is 16.3. The second-order valence-corrected chi connectivity index (χ2v) is 14.5. The molecule has 0 aliphatic carbocycles. The maximum atomic E-state index is 12.3. The number of aliphatic hydroxyl groups is 2. The Bertz CT molecular complexity index is 2130. The molecule has 2 amide bonds. The third-order valence-electron chi connectivity index (χ3n) is 8.53. The van der Waals surface area contributed by atoms with E-state index >= 15 is 0 Å². The monoisotopic (exact) mass is 815 g/mol. The molecule has 0 aromatic carbocycles. The van der Waals surface area contributed by atoms with E-state index in [2.05, 4.69) is 45.6 Å². The quantitative estimate of drug-likeness (QED) is 0.140. The fourth-order valence-corrected chi connectivity index (χ4v) is 7.66. The molecule has 8 heterocycles. The van der Waals surface area contributed by atoms with Crippen LogP contribution in [0.15, 0.2) is 22.2 Å². The summed E-state index contributed by atoms with van der Waals surface area (Å²) in [6.07, 6.45) is -3.25. The zero-order chi connectivity index (χ0) is 41.3. The lowest BCUT2D eigenvalue weighted by Crippen LogP contribution is -2.30. The second-order valence-electron chi connectivity index (χ2n) is 12.8. The predicted molar refractivity (Wildman–Crippen MR) is 187 cm³/mol. The van der Waals surface area contributed by atoms with Gasteiger partial charge in [0.1, 0.15) is 6.10 Å². The van der Waals surface area contributed by atoms with Crippen LogP contribution in [0.4, 0.5) is 11.9 Å². The molecule has 4 saturated heterocycles. The van der Waals surface area contributed by atoms with Gasteiger partial charge < -0.3 is 19.7 Å². The molecule has 24 nitrogen and oxygen atoms in total. The van der Waals surface area contributed by atoms with Crippen LogP contribution >= 0.6 is 16.5 Å². The normalized spacial score (nSPS) is 28.7. The van der Waals surface area contributed by atoms with Crippen molar-refractivity contribution in [2.75, 3.05) is 24.4 Å². The Labute approximate surface area is 314 Å². The smallest absolute Gasteiger partial charge is 0.400 e. The van der Waals surface area contributed by atoms with Gasteiger partial charge >= 0.3 is 16.5 Å². The van der Waals surface area contributed by atoms with Crippen molar-refractivity contribution in [2.24, 2.45) is 11.8 Å². The molecule has 4 fully saturated rings. The van der Waals surface area contributed by atoms with Crippen LogP contribution in [0.3, 0.4) is 0 Å². The molecule has 4 aliphatic rings. The third kappa shape index (κ3) is 7.83. The fourth-order valence-electron chi connectivity index (χ4n) is 5.80. The van der Waals surface area contributed by atoms with Crippen molar-refractivity contribution in [2.45, 2.75) is 83.7 Å². The van der Waals surface area contributed by atoms with Crippen molar-refractivity contribution in [1.82, 2.24) is 39.0 Å². The standard InChI is InChI=1S/C14H16N5O7P.C14H16N5O6P.CH4O/c1-5(2)11(21)17-14-16-10-7(12(22)18-14)15-4-19(10)13-9-8(6(3-20)24-13)25-27(23)26-9;1-5(2)11(20)17-14-16-10-7(12(21)18-14)15-4-19(10)13-9-8(6(3)23-13)24-26(22)25-9;1-2/h4-6,8-9,13,20H,3H2,1-2H3,(H-,16,17,18,21,22);4-6,8-9,13H,1-3H3,(H-,16,17,18,20,21);2H,1H3/p+2/t2*6-,8?,9?,13-;/m11./s1/i;3D;2T. The van der Waals surface area contributed by atoms with Gasteiger partial charge in [0.05, 0.1) is 25.4 Å². The van der Waals surface area contributed by atoms with E-state index in [1.807, 2.05) is 0 Å². The molecule has 10 atom stereocenters. The van der Waals surface area contributed by atoms with E-state index < -0.39 is 76.7 Å². The SMILES string of the molecule is CC(C)C(=O)Nc1nc2c(ncn2[C@@H]2O[C@H](CO)C3O[P+](=O)OC32)c(=O)[nH]1.[2H]C[C@H]1O[C@@H](n2cnc3c(=O)[nH]c(NC(=O)C(C)C)nc32)C2O[P+](=O)OC21.[3H]OC. The number of aliphatic hydroxyl groups excluding tert-OH is 2. The number of aromatic nitrogens is 8. The molecule has 4 aromatic heterocycles. The molecule has 0 saturated carbocycles. The van der Waals surface area contributed by atoms with E-state index in [-0.39, 0.29) is 71.4 Å². The van der Waals surface area contributed by atoms with E-state index in [9.17, 15) is 33.4 Å². The first-order chi connectivity index (χ1) is 27.2. The van der Waals surface area contributed by atoms with E-state index in [0.29, 0.717) is 0 Å². The zero-order valence-electron chi connectivity index (χ0n) is 31.7. The number of nitrogens with one attached hydrogen (secondary N) is 4. The van der Waals surface area contributed by atoms with Crippen LogP contribution in [0.1, 0.15) is 48.4 Å². The van der Waals surface area contributed by atoms with Gasteiger partial charge in [0.25, 0.3) is 11.1 Å². The lowest BCUT2D eigenvalue weighted by Gasteiger charge is -2.15. The Balaban J connectivity index is 0.000000180. The molecule has 6 unspecified atom stereocenters. The van der Waals surface area contributed by atoms with E-state index in [4.69, 9.17) is 30.4 Å². The highest BCUT2D eigenvalue weighted by Gasteiger charge is 2.61. The first-order valence-corrected chi connectivity index (χ1v) is 18.8. The van der Waals surface area contributed by atoms with Crippen LogP contribution in [0.5, 0.6) is 0 Å². The summed E-state index contributed by atoms with van der Waals surface area (Å²) in [5, 5.41) is 18.0. The molecule has 8 rings (SSSR count). The van der Waals surface area contributed by atoms with E-state index in [1.54, 1.807) is 27.7 Å². The topological polar surface area (TPSA) is 315 Å². The zero-order valence-corrected chi connectivity index (χ0v) is 31.5. The summed E-state index contributed by atoms with van der Waals surface area (Å²) in [5.74, 6) is -1.27. The number of H-pyrrole nitrogens is 2. The van der Waals surface area contributed by atoms with Crippen LogP contribution in [0.2, 0.25) is 0 Å². The van der Waals surface area contributed by atoms with Gasteiger partial charge in [-0.25, -0.2) is 9.97 Å². The Hall–Kier alpha value is -4.48. The molecule has 0 spiro atoms. The highest BCUT2D eigenvalue weighted by molar-refractivity contribution is 7.33. The number of imidazole rings is 2. The summed E-state index contributed by atoms with van der Waals surface area (Å²) in [5.41, 5.74) is -0.674. The Morgan fingerprint density at radius 2 is 1.29 bits per heavy atom. The maximum Gasteiger partial charge on any atom is 0.698 e. The maximum absolute atomic E-state index is 12.3. The number of carbonyl (C=O) groups excluding carboxylic acids is 2. The van der Waals surface area contributed by atoms with Crippen molar-refractivity contribution in [3.05, 3.63) is 33.4 Å². The van der Waals surface area contributed by atoms with Crippen LogP contribution in [-0.2, 0) is 46.3 Å². The Morgan fingerprint density at radius 1 is 0.855 bits per heavy atom. The number of carbonyl (C=O) groups is 2. The van der Waals surface area contributed by atoms with Gasteiger partial charge in [-0.2, -0.15) is 9.97 Å². The van der Waals surface area contributed by atoms with E-state index in [0.717, 1.165) is 0 Å². The van der Waals surface area contributed by atoms with Crippen LogP contribution in [0, 0.1) is 11.8 Å². The number of hydrogen-bond acceptors (Lipinski definition) is 18. The van der Waals surface area contributed by atoms with Crippen LogP contribution in [-0.4, -0.2) is 113 Å². The number of ether oxygens (including phenoxy) is 2. The highest BCUT2D eigenvalue weighted by atomic mass is 31.1. The van der Waals surface area contributed by atoms with Gasteiger partial charge in [-0.1, -0.05) is 27.7 Å². The molecule has 0 bridgehead atoms. The van der Waals surface area contributed by atoms with Crippen molar-refractivity contribution >= 4 is 62.5 Å². The molecule has 4 aliphatic heterocycles. The minimum absolute atomic E-state index is 0.0193. The fraction of sp³-hybridized carbons (Fsp3) is 0.586. The number of hydrogen-bond donors (Lipinski definition) is 6. The van der Waals surface area contributed by atoms with E-state index in [1.165, 1.54) is 28.9 Å². The van der Waals surface area contributed by atoms with Crippen molar-refractivity contribution < 1.29 is 57.9 Å². The number of nitrogens with zero attached hydrogens (tertiary/aromatic N) is 6. The third-order valence-corrected chi connectivity index (χ3v) is 10.2. The Kier molecular flexibility index (Phi) is 11.1. The number of aromatic amines is 2.